The van der Waals surface area contributed by atoms with E-state index in [4.69, 9.17) is 9.15 Å². The van der Waals surface area contributed by atoms with Gasteiger partial charge in [0.05, 0.1) is 30.7 Å². The van der Waals surface area contributed by atoms with Crippen molar-refractivity contribution in [3.63, 3.8) is 0 Å². The third kappa shape index (κ3) is 4.95. The molecule has 0 aromatic carbocycles. The molecule has 0 fully saturated rings. The van der Waals surface area contributed by atoms with Crippen LogP contribution in [-0.2, 0) is 27.8 Å². The van der Waals surface area contributed by atoms with Crippen LogP contribution in [-0.4, -0.2) is 44.0 Å². The largest absolute Gasteiger partial charge is 0.466 e. The lowest BCUT2D eigenvalue weighted by Gasteiger charge is -2.03. The molecule has 0 saturated carbocycles. The first-order chi connectivity index (χ1) is 13.1. The number of anilines is 1. The fourth-order valence-electron chi connectivity index (χ4n) is 2.15. The van der Waals surface area contributed by atoms with E-state index in [0.717, 1.165) is 0 Å². The lowest BCUT2D eigenvalue weighted by Crippen LogP contribution is -2.14. The molecule has 0 aliphatic carbocycles. The zero-order chi connectivity index (χ0) is 19.2. The number of hydrogen-bond donors (Lipinski definition) is 1. The lowest BCUT2D eigenvalue weighted by atomic mass is 10.3. The van der Waals surface area contributed by atoms with E-state index in [-0.39, 0.29) is 24.1 Å². The Morgan fingerprint density at radius 2 is 2.26 bits per heavy atom. The number of carbonyl (C=O) groups excluding carboxylic acids is 2. The molecule has 1 N–H and O–H groups in total. The molecule has 1 amide bonds. The van der Waals surface area contributed by atoms with Gasteiger partial charge in [-0.3, -0.25) is 9.59 Å². The molecule has 0 atom stereocenters. The summed E-state index contributed by atoms with van der Waals surface area (Å²) in [5, 5.41) is 13.6. The molecular formula is C16H17N5O4S2. The highest BCUT2D eigenvalue weighted by molar-refractivity contribution is 7.99. The fourth-order valence-corrected chi connectivity index (χ4v) is 3.59. The number of thiazole rings is 1. The number of hydrogen-bond acceptors (Lipinski definition) is 9. The second kappa shape index (κ2) is 8.82. The van der Waals surface area contributed by atoms with E-state index in [1.165, 1.54) is 23.1 Å². The van der Waals surface area contributed by atoms with E-state index in [9.17, 15) is 9.59 Å². The topological polar surface area (TPSA) is 112 Å². The Morgan fingerprint density at radius 1 is 1.41 bits per heavy atom. The molecule has 0 unspecified atom stereocenters. The molecule has 142 valence electrons. The maximum Gasteiger partial charge on any atom is 0.311 e. The Bertz CT molecular complexity index is 919. The van der Waals surface area contributed by atoms with Crippen LogP contribution in [0.15, 0.2) is 33.3 Å². The Labute approximate surface area is 163 Å². The quantitative estimate of drug-likeness (QED) is 0.447. The average Bonchev–Trinajstić information content (AvgIpc) is 3.35. The van der Waals surface area contributed by atoms with Crippen molar-refractivity contribution in [2.75, 3.05) is 17.7 Å². The minimum absolute atomic E-state index is 0.0868. The van der Waals surface area contributed by atoms with Crippen LogP contribution in [0.3, 0.4) is 0 Å². The molecule has 9 nitrogen and oxygen atoms in total. The number of rotatable bonds is 8. The van der Waals surface area contributed by atoms with Crippen molar-refractivity contribution in [1.82, 2.24) is 19.7 Å². The van der Waals surface area contributed by atoms with Gasteiger partial charge in [-0.25, -0.2) is 4.98 Å². The molecule has 3 aromatic rings. The standard InChI is InChI=1S/C16H17N5O4S2/c1-3-24-13(23)7-10-8-26-15(17-10)18-12(22)9-27-16-20-19-14(21(16)2)11-5-4-6-25-11/h4-6,8H,3,7,9H2,1-2H3,(H,17,18,22). The van der Waals surface area contributed by atoms with Crippen LogP contribution in [0.1, 0.15) is 12.6 Å². The van der Waals surface area contributed by atoms with Crippen LogP contribution >= 0.6 is 23.1 Å². The minimum atomic E-state index is -0.342. The third-order valence-corrected chi connectivity index (χ3v) is 5.16. The van der Waals surface area contributed by atoms with Gasteiger partial charge in [0, 0.05) is 12.4 Å². The maximum absolute atomic E-state index is 12.1. The Kier molecular flexibility index (Phi) is 6.24. The first-order valence-corrected chi connectivity index (χ1v) is 9.89. The highest BCUT2D eigenvalue weighted by Gasteiger charge is 2.15. The van der Waals surface area contributed by atoms with Gasteiger partial charge in [0.15, 0.2) is 21.9 Å². The van der Waals surface area contributed by atoms with E-state index in [0.29, 0.717) is 34.2 Å². The number of amides is 1. The molecule has 3 heterocycles. The number of esters is 1. The predicted octanol–water partition coefficient (Wildman–Crippen LogP) is 2.37. The van der Waals surface area contributed by atoms with Crippen LogP contribution in [0.2, 0.25) is 0 Å². The van der Waals surface area contributed by atoms with Crippen molar-refractivity contribution in [1.29, 1.82) is 0 Å². The van der Waals surface area contributed by atoms with Gasteiger partial charge in [0.25, 0.3) is 0 Å². The summed E-state index contributed by atoms with van der Waals surface area (Å²) in [6.07, 6.45) is 1.65. The minimum Gasteiger partial charge on any atom is -0.466 e. The number of ether oxygens (including phenoxy) is 1. The summed E-state index contributed by atoms with van der Waals surface area (Å²) in [7, 11) is 1.81. The summed E-state index contributed by atoms with van der Waals surface area (Å²) < 4.78 is 11.9. The number of aromatic nitrogens is 4. The van der Waals surface area contributed by atoms with Crippen LogP contribution in [0.5, 0.6) is 0 Å². The van der Waals surface area contributed by atoms with Crippen molar-refractivity contribution in [3.8, 4) is 11.6 Å². The smallest absolute Gasteiger partial charge is 0.311 e. The van der Waals surface area contributed by atoms with E-state index in [2.05, 4.69) is 20.5 Å². The van der Waals surface area contributed by atoms with E-state index >= 15 is 0 Å². The van der Waals surface area contributed by atoms with Crippen molar-refractivity contribution in [2.24, 2.45) is 7.05 Å². The SMILES string of the molecule is CCOC(=O)Cc1csc(NC(=O)CSc2nnc(-c3ccco3)n2C)n1. The van der Waals surface area contributed by atoms with Crippen molar-refractivity contribution < 1.29 is 18.7 Å². The highest BCUT2D eigenvalue weighted by atomic mass is 32.2. The summed E-state index contributed by atoms with van der Waals surface area (Å²) in [5.74, 6) is 0.784. The molecule has 27 heavy (non-hydrogen) atoms. The van der Waals surface area contributed by atoms with Crippen LogP contribution in [0, 0.1) is 0 Å². The van der Waals surface area contributed by atoms with Crippen molar-refractivity contribution >= 4 is 40.1 Å². The second-order valence-corrected chi connectivity index (χ2v) is 7.11. The molecule has 0 spiro atoms. The fraction of sp³-hybridized carbons (Fsp3) is 0.312. The Morgan fingerprint density at radius 3 is 3.00 bits per heavy atom. The van der Waals surface area contributed by atoms with Gasteiger partial charge in [0.1, 0.15) is 0 Å². The summed E-state index contributed by atoms with van der Waals surface area (Å²) in [6, 6.07) is 3.57. The molecule has 0 saturated heterocycles. The summed E-state index contributed by atoms with van der Waals surface area (Å²) in [4.78, 5) is 27.8. The van der Waals surface area contributed by atoms with E-state index < -0.39 is 0 Å². The van der Waals surface area contributed by atoms with E-state index in [1.807, 2.05) is 0 Å². The first-order valence-electron chi connectivity index (χ1n) is 8.02. The average molecular weight is 407 g/mol. The number of nitrogens with one attached hydrogen (secondary N) is 1. The molecule has 3 aromatic heterocycles. The zero-order valence-corrected chi connectivity index (χ0v) is 16.3. The Hall–Kier alpha value is -2.66. The second-order valence-electron chi connectivity index (χ2n) is 5.31. The van der Waals surface area contributed by atoms with Gasteiger partial charge >= 0.3 is 5.97 Å². The van der Waals surface area contributed by atoms with Gasteiger partial charge in [-0.1, -0.05) is 11.8 Å². The molecular weight excluding hydrogens is 390 g/mol. The van der Waals surface area contributed by atoms with Crippen molar-refractivity contribution in [3.05, 3.63) is 29.5 Å². The molecule has 0 bridgehead atoms. The van der Waals surface area contributed by atoms with Crippen molar-refractivity contribution in [2.45, 2.75) is 18.5 Å². The summed E-state index contributed by atoms with van der Waals surface area (Å²) in [5.41, 5.74) is 0.567. The summed E-state index contributed by atoms with van der Waals surface area (Å²) >= 11 is 2.51. The molecule has 0 radical (unpaired) electrons. The van der Waals surface area contributed by atoms with Gasteiger partial charge in [-0.05, 0) is 19.1 Å². The van der Waals surface area contributed by atoms with Gasteiger partial charge < -0.3 is 19.0 Å². The third-order valence-electron chi connectivity index (χ3n) is 3.34. The molecule has 0 aliphatic heterocycles. The monoisotopic (exact) mass is 407 g/mol. The first kappa shape index (κ1) is 19.1. The van der Waals surface area contributed by atoms with Gasteiger partial charge in [-0.15, -0.1) is 21.5 Å². The van der Waals surface area contributed by atoms with Crippen LogP contribution < -0.4 is 5.32 Å². The lowest BCUT2D eigenvalue weighted by molar-refractivity contribution is -0.142. The zero-order valence-electron chi connectivity index (χ0n) is 14.7. The molecule has 3 rings (SSSR count). The number of thioether (sulfide) groups is 1. The Balaban J connectivity index is 1.52. The number of nitrogens with zero attached hydrogens (tertiary/aromatic N) is 4. The normalized spacial score (nSPS) is 10.7. The summed E-state index contributed by atoms with van der Waals surface area (Å²) in [6.45, 7) is 2.07. The number of furan rings is 1. The van der Waals surface area contributed by atoms with Gasteiger partial charge in [-0.2, -0.15) is 0 Å². The van der Waals surface area contributed by atoms with Crippen LogP contribution in [0.25, 0.3) is 11.6 Å². The predicted molar refractivity (Wildman–Crippen MR) is 101 cm³/mol. The van der Waals surface area contributed by atoms with Crippen LogP contribution in [0.4, 0.5) is 5.13 Å². The maximum atomic E-state index is 12.1. The number of carbonyl (C=O) groups is 2. The van der Waals surface area contributed by atoms with Gasteiger partial charge in [0.2, 0.25) is 5.91 Å². The molecule has 0 aliphatic rings. The highest BCUT2D eigenvalue weighted by Crippen LogP contribution is 2.23. The molecule has 11 heteroatoms. The van der Waals surface area contributed by atoms with E-state index in [1.54, 1.807) is 42.3 Å².